The molecule has 17 heavy (non-hydrogen) atoms. The van der Waals surface area contributed by atoms with Crippen LogP contribution in [0.15, 0.2) is 12.1 Å². The van der Waals surface area contributed by atoms with E-state index in [0.29, 0.717) is 5.92 Å². The first-order valence-corrected chi connectivity index (χ1v) is 7.28. The molecule has 1 aliphatic heterocycles. The predicted octanol–water partition coefficient (Wildman–Crippen LogP) is 3.06. The third kappa shape index (κ3) is 2.45. The molecule has 0 radical (unpaired) electrons. The molecule has 1 heterocycles. The number of methoxy groups -OCH3 is 1. The Labute approximate surface area is 108 Å². The number of ether oxygens (including phenoxy) is 1. The van der Waals surface area contributed by atoms with E-state index in [1.807, 2.05) is 11.8 Å². The summed E-state index contributed by atoms with van der Waals surface area (Å²) in [6, 6.07) is 4.39. The zero-order valence-corrected chi connectivity index (χ0v) is 11.6. The molecule has 2 nitrogen and oxygen atoms in total. The fourth-order valence-corrected chi connectivity index (χ4v) is 3.75. The molecule has 1 aromatic rings. The molecule has 94 valence electrons. The van der Waals surface area contributed by atoms with Crippen LogP contribution >= 0.6 is 11.8 Å². The lowest BCUT2D eigenvalue weighted by atomic mass is 9.90. The fourth-order valence-electron chi connectivity index (χ4n) is 2.43. The van der Waals surface area contributed by atoms with Gasteiger partial charge in [0.1, 0.15) is 5.75 Å². The summed E-state index contributed by atoms with van der Waals surface area (Å²) in [7, 11) is 1.74. The van der Waals surface area contributed by atoms with Crippen LogP contribution in [0.25, 0.3) is 0 Å². The number of hydrogen-bond acceptors (Lipinski definition) is 3. The number of rotatable bonds is 3. The number of benzene rings is 1. The highest BCUT2D eigenvalue weighted by atomic mass is 32.2. The van der Waals surface area contributed by atoms with Crippen LogP contribution in [0, 0.1) is 19.8 Å². The van der Waals surface area contributed by atoms with Crippen molar-refractivity contribution in [3.05, 3.63) is 28.8 Å². The van der Waals surface area contributed by atoms with E-state index in [9.17, 15) is 0 Å². The molecular formula is C14H21NOS. The molecule has 0 aliphatic carbocycles. The summed E-state index contributed by atoms with van der Waals surface area (Å²) < 4.78 is 5.55. The minimum Gasteiger partial charge on any atom is -0.496 e. The van der Waals surface area contributed by atoms with Crippen LogP contribution < -0.4 is 10.5 Å². The average molecular weight is 251 g/mol. The Morgan fingerprint density at radius 2 is 2.18 bits per heavy atom. The van der Waals surface area contributed by atoms with Gasteiger partial charge in [-0.15, -0.1) is 0 Å². The van der Waals surface area contributed by atoms with Crippen LogP contribution in [-0.4, -0.2) is 18.6 Å². The van der Waals surface area contributed by atoms with Crippen LogP contribution in [0.2, 0.25) is 0 Å². The van der Waals surface area contributed by atoms with Crippen molar-refractivity contribution in [1.29, 1.82) is 0 Å². The number of hydrogen-bond donors (Lipinski definition) is 1. The van der Waals surface area contributed by atoms with Gasteiger partial charge >= 0.3 is 0 Å². The molecule has 1 aromatic carbocycles. The third-order valence-electron chi connectivity index (χ3n) is 3.74. The van der Waals surface area contributed by atoms with Gasteiger partial charge in [0.25, 0.3) is 0 Å². The minimum absolute atomic E-state index is 0.110. The van der Waals surface area contributed by atoms with E-state index in [0.717, 1.165) is 5.75 Å². The lowest BCUT2D eigenvalue weighted by Crippen LogP contribution is -2.22. The maximum Gasteiger partial charge on any atom is 0.126 e. The van der Waals surface area contributed by atoms with Gasteiger partial charge in [0.15, 0.2) is 0 Å². The molecule has 1 fully saturated rings. The highest BCUT2D eigenvalue weighted by molar-refractivity contribution is 7.99. The van der Waals surface area contributed by atoms with Gasteiger partial charge in [-0.3, -0.25) is 0 Å². The van der Waals surface area contributed by atoms with Crippen molar-refractivity contribution >= 4 is 11.8 Å². The Kier molecular flexibility index (Phi) is 4.00. The van der Waals surface area contributed by atoms with E-state index in [4.69, 9.17) is 10.5 Å². The SMILES string of the molecule is COc1c(C(N)C2CCSC2)ccc(C)c1C. The van der Waals surface area contributed by atoms with Crippen molar-refractivity contribution in [2.24, 2.45) is 11.7 Å². The molecule has 2 unspecified atom stereocenters. The standard InChI is InChI=1S/C14H21NOS/c1-9-4-5-12(14(16-3)10(9)2)13(15)11-6-7-17-8-11/h4-5,11,13H,6-8,15H2,1-3H3. The van der Waals surface area contributed by atoms with E-state index >= 15 is 0 Å². The summed E-state index contributed by atoms with van der Waals surface area (Å²) in [4.78, 5) is 0. The molecule has 0 spiro atoms. The molecule has 0 aromatic heterocycles. The third-order valence-corrected chi connectivity index (χ3v) is 4.93. The lowest BCUT2D eigenvalue weighted by molar-refractivity contribution is 0.389. The van der Waals surface area contributed by atoms with Crippen molar-refractivity contribution < 1.29 is 4.74 Å². The van der Waals surface area contributed by atoms with E-state index in [-0.39, 0.29) is 6.04 Å². The number of thioether (sulfide) groups is 1. The summed E-state index contributed by atoms with van der Waals surface area (Å²) in [6.07, 6.45) is 1.22. The first-order valence-electron chi connectivity index (χ1n) is 6.12. The van der Waals surface area contributed by atoms with Crippen molar-refractivity contribution in [3.63, 3.8) is 0 Å². The van der Waals surface area contributed by atoms with Crippen LogP contribution in [0.4, 0.5) is 0 Å². The van der Waals surface area contributed by atoms with E-state index in [1.165, 1.54) is 34.6 Å². The monoisotopic (exact) mass is 251 g/mol. The summed E-state index contributed by atoms with van der Waals surface area (Å²) in [5.41, 5.74) is 10.0. The van der Waals surface area contributed by atoms with Crippen molar-refractivity contribution in [2.75, 3.05) is 18.6 Å². The van der Waals surface area contributed by atoms with Crippen LogP contribution in [-0.2, 0) is 0 Å². The summed E-state index contributed by atoms with van der Waals surface area (Å²) in [5, 5.41) is 0. The van der Waals surface area contributed by atoms with E-state index in [2.05, 4.69) is 26.0 Å². The Morgan fingerprint density at radius 3 is 2.76 bits per heavy atom. The highest BCUT2D eigenvalue weighted by Crippen LogP contribution is 2.38. The molecule has 2 atom stereocenters. The molecule has 3 heteroatoms. The Balaban J connectivity index is 2.33. The van der Waals surface area contributed by atoms with Gasteiger partial charge in [-0.2, -0.15) is 11.8 Å². The molecule has 2 rings (SSSR count). The van der Waals surface area contributed by atoms with Crippen LogP contribution in [0.5, 0.6) is 5.75 Å². The second-order valence-corrected chi connectivity index (χ2v) is 5.93. The van der Waals surface area contributed by atoms with Gasteiger partial charge in [-0.1, -0.05) is 12.1 Å². The largest absolute Gasteiger partial charge is 0.496 e. The number of nitrogens with two attached hydrogens (primary N) is 1. The highest BCUT2D eigenvalue weighted by Gasteiger charge is 2.26. The van der Waals surface area contributed by atoms with Gasteiger partial charge in [-0.25, -0.2) is 0 Å². The van der Waals surface area contributed by atoms with Crippen LogP contribution in [0.3, 0.4) is 0 Å². The Hall–Kier alpha value is -0.670. The second kappa shape index (κ2) is 5.32. The van der Waals surface area contributed by atoms with Crippen LogP contribution in [0.1, 0.15) is 29.2 Å². The molecule has 1 saturated heterocycles. The van der Waals surface area contributed by atoms with Gasteiger partial charge in [0.05, 0.1) is 7.11 Å². The van der Waals surface area contributed by atoms with Gasteiger partial charge in [0.2, 0.25) is 0 Å². The van der Waals surface area contributed by atoms with Crippen molar-refractivity contribution in [1.82, 2.24) is 0 Å². The summed E-state index contributed by atoms with van der Waals surface area (Å²) >= 11 is 2.01. The molecule has 1 aliphatic rings. The lowest BCUT2D eigenvalue weighted by Gasteiger charge is -2.22. The smallest absolute Gasteiger partial charge is 0.126 e. The summed E-state index contributed by atoms with van der Waals surface area (Å²) in [6.45, 7) is 4.21. The zero-order valence-electron chi connectivity index (χ0n) is 10.8. The van der Waals surface area contributed by atoms with Crippen molar-refractivity contribution in [2.45, 2.75) is 26.3 Å². The summed E-state index contributed by atoms with van der Waals surface area (Å²) in [5.74, 6) is 3.99. The molecule has 2 N–H and O–H groups in total. The number of aryl methyl sites for hydroxylation is 1. The maximum atomic E-state index is 6.40. The van der Waals surface area contributed by atoms with Gasteiger partial charge < -0.3 is 10.5 Å². The molecular weight excluding hydrogens is 230 g/mol. The average Bonchev–Trinajstić information content (AvgIpc) is 2.85. The Bertz CT molecular complexity index is 399. The molecule has 0 bridgehead atoms. The molecule has 0 amide bonds. The van der Waals surface area contributed by atoms with Crippen molar-refractivity contribution in [3.8, 4) is 5.75 Å². The normalized spacial score (nSPS) is 21.5. The van der Waals surface area contributed by atoms with Gasteiger partial charge in [-0.05, 0) is 48.8 Å². The quantitative estimate of drug-likeness (QED) is 0.896. The molecule has 0 saturated carbocycles. The fraction of sp³-hybridized carbons (Fsp3) is 0.571. The van der Waals surface area contributed by atoms with Gasteiger partial charge in [0, 0.05) is 11.6 Å². The van der Waals surface area contributed by atoms with E-state index in [1.54, 1.807) is 7.11 Å². The second-order valence-electron chi connectivity index (χ2n) is 4.78. The topological polar surface area (TPSA) is 35.2 Å². The predicted molar refractivity (Wildman–Crippen MR) is 74.8 cm³/mol. The Morgan fingerprint density at radius 1 is 1.41 bits per heavy atom. The van der Waals surface area contributed by atoms with E-state index < -0.39 is 0 Å². The zero-order chi connectivity index (χ0) is 12.4. The maximum absolute atomic E-state index is 6.40. The minimum atomic E-state index is 0.110. The first kappa shape index (κ1) is 12.8. The first-order chi connectivity index (χ1) is 8.15.